The molecule has 1 rings (SSSR count). The molecule has 1 amide bonds. The first-order valence-corrected chi connectivity index (χ1v) is 15.2. The molecule has 0 bridgehead atoms. The number of carbonyl (C=O) groups excluding carboxylic acids is 2. The summed E-state index contributed by atoms with van der Waals surface area (Å²) in [4.78, 5) is 26.1. The van der Waals surface area contributed by atoms with E-state index in [2.05, 4.69) is 27.7 Å². The van der Waals surface area contributed by atoms with E-state index in [-0.39, 0.29) is 26.0 Å². The molecule has 0 saturated heterocycles. The Morgan fingerprint density at radius 1 is 1.00 bits per heavy atom. The standard InChI is InChI=1S/C21H34NO5PS2/c1-6-26-20(23)12-22(21(24)27-13-19-10-8-7-9-11-19)16-28(25,29-14-17(2)3)30-15-18(4)5/h7-11,17-18H,6,12-16H2,1-5H3. The molecule has 30 heavy (non-hydrogen) atoms. The summed E-state index contributed by atoms with van der Waals surface area (Å²) in [6.45, 7) is 9.98. The molecule has 0 fully saturated rings. The van der Waals surface area contributed by atoms with Gasteiger partial charge in [-0.15, -0.1) is 0 Å². The van der Waals surface area contributed by atoms with Crippen LogP contribution in [0.4, 0.5) is 4.79 Å². The van der Waals surface area contributed by atoms with Crippen LogP contribution in [0, 0.1) is 11.8 Å². The predicted octanol–water partition coefficient (Wildman–Crippen LogP) is 6.12. The Morgan fingerprint density at radius 2 is 1.57 bits per heavy atom. The highest BCUT2D eigenvalue weighted by molar-refractivity contribution is 8.90. The maximum atomic E-state index is 13.7. The van der Waals surface area contributed by atoms with E-state index in [1.54, 1.807) is 6.92 Å². The van der Waals surface area contributed by atoms with Gasteiger partial charge >= 0.3 is 12.1 Å². The SMILES string of the molecule is CCOC(=O)CN(CP(=O)(SCC(C)C)SCC(C)C)C(=O)OCc1ccccc1. The number of carbonyl (C=O) groups is 2. The zero-order chi connectivity index (χ0) is 22.6. The van der Waals surface area contributed by atoms with Gasteiger partial charge in [-0.3, -0.25) is 14.3 Å². The van der Waals surface area contributed by atoms with Crippen molar-refractivity contribution in [1.82, 2.24) is 4.90 Å². The van der Waals surface area contributed by atoms with Crippen LogP contribution in [0.3, 0.4) is 0 Å². The van der Waals surface area contributed by atoms with Gasteiger partial charge in [0.25, 0.3) is 0 Å². The minimum atomic E-state index is -2.86. The average molecular weight is 476 g/mol. The fourth-order valence-corrected chi connectivity index (χ4v) is 10.6. The molecule has 170 valence electrons. The fourth-order valence-electron chi connectivity index (χ4n) is 2.20. The Morgan fingerprint density at radius 3 is 2.07 bits per heavy atom. The van der Waals surface area contributed by atoms with E-state index in [1.165, 1.54) is 27.7 Å². The maximum Gasteiger partial charge on any atom is 0.411 e. The molecule has 0 aliphatic carbocycles. The van der Waals surface area contributed by atoms with Crippen molar-refractivity contribution in [2.45, 2.75) is 41.2 Å². The van der Waals surface area contributed by atoms with Crippen molar-refractivity contribution in [3.63, 3.8) is 0 Å². The summed E-state index contributed by atoms with van der Waals surface area (Å²) in [5.41, 5.74) is -2.02. The van der Waals surface area contributed by atoms with Crippen molar-refractivity contribution >= 4 is 40.4 Å². The van der Waals surface area contributed by atoms with Crippen LogP contribution in [0.5, 0.6) is 0 Å². The van der Waals surface area contributed by atoms with Gasteiger partial charge in [-0.25, -0.2) is 4.79 Å². The van der Waals surface area contributed by atoms with Crippen molar-refractivity contribution in [3.8, 4) is 0 Å². The molecule has 0 aliphatic rings. The number of hydrogen-bond donors (Lipinski definition) is 0. The highest BCUT2D eigenvalue weighted by Gasteiger charge is 2.32. The normalized spacial score (nSPS) is 11.6. The van der Waals surface area contributed by atoms with Crippen LogP contribution in [0.1, 0.15) is 40.2 Å². The predicted molar refractivity (Wildman–Crippen MR) is 127 cm³/mol. The van der Waals surface area contributed by atoms with Crippen LogP contribution in [-0.4, -0.2) is 47.9 Å². The van der Waals surface area contributed by atoms with Crippen molar-refractivity contribution < 1.29 is 23.6 Å². The molecule has 0 heterocycles. The van der Waals surface area contributed by atoms with Gasteiger partial charge < -0.3 is 9.47 Å². The van der Waals surface area contributed by atoms with Crippen LogP contribution in [0.2, 0.25) is 0 Å². The van der Waals surface area contributed by atoms with E-state index in [9.17, 15) is 14.2 Å². The fraction of sp³-hybridized carbons (Fsp3) is 0.619. The lowest BCUT2D eigenvalue weighted by molar-refractivity contribution is -0.143. The second-order valence-electron chi connectivity index (χ2n) is 7.67. The van der Waals surface area contributed by atoms with Gasteiger partial charge in [0.15, 0.2) is 0 Å². The van der Waals surface area contributed by atoms with Crippen molar-refractivity contribution in [1.29, 1.82) is 0 Å². The third-order valence-electron chi connectivity index (χ3n) is 3.64. The minimum Gasteiger partial charge on any atom is -0.465 e. The Bertz CT molecular complexity index is 684. The Kier molecular flexibility index (Phi) is 12.6. The van der Waals surface area contributed by atoms with Gasteiger partial charge in [0.2, 0.25) is 5.55 Å². The van der Waals surface area contributed by atoms with Crippen LogP contribution in [-0.2, 0) is 25.4 Å². The van der Waals surface area contributed by atoms with E-state index in [0.717, 1.165) is 5.56 Å². The van der Waals surface area contributed by atoms with Gasteiger partial charge in [-0.2, -0.15) is 0 Å². The highest BCUT2D eigenvalue weighted by atomic mass is 33.1. The van der Waals surface area contributed by atoms with Gasteiger partial charge in [0.1, 0.15) is 13.2 Å². The molecule has 0 N–H and O–H groups in total. The quantitative estimate of drug-likeness (QED) is 0.251. The van der Waals surface area contributed by atoms with E-state index in [4.69, 9.17) is 9.47 Å². The molecule has 0 aromatic heterocycles. The van der Waals surface area contributed by atoms with Gasteiger partial charge in [0, 0.05) is 11.5 Å². The number of benzene rings is 1. The lowest BCUT2D eigenvalue weighted by Crippen LogP contribution is -2.37. The summed E-state index contributed by atoms with van der Waals surface area (Å²) in [6.07, 6.45) is -0.698. The number of hydrogen-bond acceptors (Lipinski definition) is 7. The zero-order valence-electron chi connectivity index (χ0n) is 18.5. The second kappa shape index (κ2) is 14.0. The van der Waals surface area contributed by atoms with Crippen molar-refractivity contribution in [2.75, 3.05) is 30.9 Å². The summed E-state index contributed by atoms with van der Waals surface area (Å²) >= 11 is 2.78. The molecule has 0 unspecified atom stereocenters. The summed E-state index contributed by atoms with van der Waals surface area (Å²) in [6, 6.07) is 9.31. The summed E-state index contributed by atoms with van der Waals surface area (Å²) in [5, 5.41) is 0. The summed E-state index contributed by atoms with van der Waals surface area (Å²) < 4.78 is 24.1. The lowest BCUT2D eigenvalue weighted by atomic mass is 10.2. The van der Waals surface area contributed by atoms with E-state index in [0.29, 0.717) is 23.3 Å². The van der Waals surface area contributed by atoms with Crippen LogP contribution in [0.25, 0.3) is 0 Å². The molecule has 9 heteroatoms. The molecular formula is C21H34NO5PS2. The number of nitrogens with zero attached hydrogens (tertiary/aromatic N) is 1. The monoisotopic (exact) mass is 475 g/mol. The third-order valence-corrected chi connectivity index (χ3v) is 12.6. The molecule has 0 saturated carbocycles. The minimum absolute atomic E-state index is 0.0335. The van der Waals surface area contributed by atoms with Gasteiger partial charge in [0.05, 0.1) is 12.9 Å². The number of ether oxygens (including phenoxy) is 2. The summed E-state index contributed by atoms with van der Waals surface area (Å²) in [5.74, 6) is 1.63. The van der Waals surface area contributed by atoms with E-state index < -0.39 is 17.6 Å². The molecule has 0 spiro atoms. The number of amides is 1. The highest BCUT2D eigenvalue weighted by Crippen LogP contribution is 2.69. The van der Waals surface area contributed by atoms with Crippen molar-refractivity contribution in [2.24, 2.45) is 11.8 Å². The molecule has 6 nitrogen and oxygen atoms in total. The number of rotatable bonds is 13. The molecule has 0 radical (unpaired) electrons. The average Bonchev–Trinajstić information content (AvgIpc) is 2.69. The Balaban J connectivity index is 2.93. The van der Waals surface area contributed by atoms with Crippen LogP contribution >= 0.6 is 28.3 Å². The van der Waals surface area contributed by atoms with E-state index >= 15 is 0 Å². The molecule has 0 atom stereocenters. The largest absolute Gasteiger partial charge is 0.465 e. The first-order chi connectivity index (χ1) is 14.1. The third kappa shape index (κ3) is 11.3. The summed E-state index contributed by atoms with van der Waals surface area (Å²) in [7, 11) is 0. The lowest BCUT2D eigenvalue weighted by Gasteiger charge is -2.27. The molecular weight excluding hydrogens is 441 g/mol. The van der Waals surface area contributed by atoms with Gasteiger partial charge in [-0.05, 0) is 24.3 Å². The topological polar surface area (TPSA) is 72.9 Å². The molecule has 1 aromatic carbocycles. The van der Waals surface area contributed by atoms with E-state index in [1.807, 2.05) is 30.3 Å². The smallest absolute Gasteiger partial charge is 0.411 e. The number of esters is 1. The second-order valence-corrected chi connectivity index (χ2v) is 16.1. The van der Waals surface area contributed by atoms with Crippen molar-refractivity contribution in [3.05, 3.63) is 35.9 Å². The Labute approximate surface area is 188 Å². The first kappa shape index (κ1) is 26.9. The van der Waals surface area contributed by atoms with Gasteiger partial charge in [-0.1, -0.05) is 80.8 Å². The molecule has 0 aliphatic heterocycles. The van der Waals surface area contributed by atoms with Crippen LogP contribution in [0.15, 0.2) is 30.3 Å². The first-order valence-electron chi connectivity index (χ1n) is 10.1. The Hall–Kier alpha value is -1.11. The zero-order valence-corrected chi connectivity index (χ0v) is 21.1. The van der Waals surface area contributed by atoms with Crippen LogP contribution < -0.4 is 0 Å². The maximum absolute atomic E-state index is 13.7. The molecule has 1 aromatic rings.